The standard InChI is InChI=1S/C23H32ClN5O4S/c1-18(2)34(31,32)28-12-10-27(11-13-28)21-17-25-29(20-7-5-6-19(24)16-20)23(30)22(21)33-15-14-26-8-3-4-9-26/h5-7,16-18H,3-4,8-15H2,1-2H3. The monoisotopic (exact) mass is 509 g/mol. The van der Waals surface area contributed by atoms with Crippen molar-refractivity contribution in [2.24, 2.45) is 0 Å². The zero-order chi connectivity index (χ0) is 24.3. The van der Waals surface area contributed by atoms with Gasteiger partial charge in [-0.15, -0.1) is 0 Å². The molecule has 4 rings (SSSR count). The van der Waals surface area contributed by atoms with E-state index in [2.05, 4.69) is 10.00 Å². The van der Waals surface area contributed by atoms with E-state index in [1.54, 1.807) is 44.3 Å². The first-order valence-electron chi connectivity index (χ1n) is 11.7. The highest BCUT2D eigenvalue weighted by atomic mass is 35.5. The fourth-order valence-electron chi connectivity index (χ4n) is 4.35. The number of halogens is 1. The third-order valence-electron chi connectivity index (χ3n) is 6.36. The highest BCUT2D eigenvalue weighted by molar-refractivity contribution is 7.89. The van der Waals surface area contributed by atoms with Gasteiger partial charge in [-0.3, -0.25) is 9.69 Å². The summed E-state index contributed by atoms with van der Waals surface area (Å²) in [5, 5.41) is 4.43. The number of piperazine rings is 1. The minimum atomic E-state index is -3.32. The molecular formula is C23H32ClN5O4S. The molecule has 2 saturated heterocycles. The quantitative estimate of drug-likeness (QED) is 0.539. The lowest BCUT2D eigenvalue weighted by atomic mass is 10.3. The van der Waals surface area contributed by atoms with Crippen molar-refractivity contribution >= 4 is 27.3 Å². The minimum absolute atomic E-state index is 0.231. The fraction of sp³-hybridized carbons (Fsp3) is 0.565. The highest BCUT2D eigenvalue weighted by Crippen LogP contribution is 2.27. The molecule has 0 atom stereocenters. The van der Waals surface area contributed by atoms with Gasteiger partial charge in [-0.05, 0) is 58.0 Å². The van der Waals surface area contributed by atoms with Crippen molar-refractivity contribution in [3.63, 3.8) is 0 Å². The van der Waals surface area contributed by atoms with Crippen molar-refractivity contribution in [2.45, 2.75) is 31.9 Å². The molecule has 1 aromatic heterocycles. The van der Waals surface area contributed by atoms with Gasteiger partial charge in [0.25, 0.3) is 0 Å². The first-order valence-corrected chi connectivity index (χ1v) is 13.6. The number of hydrogen-bond acceptors (Lipinski definition) is 7. The first-order chi connectivity index (χ1) is 16.3. The highest BCUT2D eigenvalue weighted by Gasteiger charge is 2.31. The van der Waals surface area contributed by atoms with Crippen LogP contribution in [0, 0.1) is 0 Å². The van der Waals surface area contributed by atoms with Gasteiger partial charge in [0.15, 0.2) is 0 Å². The minimum Gasteiger partial charge on any atom is -0.485 e. The number of hydrogen-bond donors (Lipinski definition) is 0. The maximum atomic E-state index is 13.5. The molecule has 34 heavy (non-hydrogen) atoms. The zero-order valence-electron chi connectivity index (χ0n) is 19.7. The third kappa shape index (κ3) is 5.40. The predicted molar refractivity (Wildman–Crippen MR) is 134 cm³/mol. The normalized spacial score (nSPS) is 18.1. The summed E-state index contributed by atoms with van der Waals surface area (Å²) in [7, 11) is -3.32. The fourth-order valence-corrected chi connectivity index (χ4v) is 5.80. The van der Waals surface area contributed by atoms with Gasteiger partial charge in [-0.1, -0.05) is 17.7 Å². The number of anilines is 1. The van der Waals surface area contributed by atoms with E-state index in [1.807, 2.05) is 4.90 Å². The van der Waals surface area contributed by atoms with E-state index in [0.29, 0.717) is 49.2 Å². The SMILES string of the molecule is CC(C)S(=O)(=O)N1CCN(c2cnn(-c3cccc(Cl)c3)c(=O)c2OCCN2CCCC2)CC1. The average molecular weight is 510 g/mol. The van der Waals surface area contributed by atoms with Gasteiger partial charge >= 0.3 is 5.56 Å². The van der Waals surface area contributed by atoms with Crippen LogP contribution in [-0.4, -0.2) is 85.1 Å². The van der Waals surface area contributed by atoms with Crippen molar-refractivity contribution in [2.75, 3.05) is 57.3 Å². The van der Waals surface area contributed by atoms with Crippen molar-refractivity contribution in [3.8, 4) is 11.4 Å². The molecular weight excluding hydrogens is 478 g/mol. The Balaban J connectivity index is 1.59. The summed E-state index contributed by atoms with van der Waals surface area (Å²) in [5.74, 6) is 0.231. The Bertz CT molecular complexity index is 1160. The van der Waals surface area contributed by atoms with Crippen LogP contribution < -0.4 is 15.2 Å². The topological polar surface area (TPSA) is 88.0 Å². The maximum Gasteiger partial charge on any atom is 0.316 e. The molecule has 3 heterocycles. The van der Waals surface area contributed by atoms with E-state index in [4.69, 9.17) is 16.3 Å². The average Bonchev–Trinajstić information content (AvgIpc) is 3.33. The summed E-state index contributed by atoms with van der Waals surface area (Å²) in [4.78, 5) is 17.8. The molecule has 0 bridgehead atoms. The summed E-state index contributed by atoms with van der Waals surface area (Å²) in [6.07, 6.45) is 4.00. The molecule has 0 N–H and O–H groups in total. The predicted octanol–water partition coefficient (Wildman–Crippen LogP) is 2.22. The number of rotatable bonds is 8. The van der Waals surface area contributed by atoms with Crippen LogP contribution in [0.4, 0.5) is 5.69 Å². The molecule has 0 spiro atoms. The Kier molecular flexibility index (Phi) is 7.81. The lowest BCUT2D eigenvalue weighted by Crippen LogP contribution is -2.50. The number of ether oxygens (including phenoxy) is 1. The molecule has 2 aliphatic heterocycles. The smallest absolute Gasteiger partial charge is 0.316 e. The second-order valence-corrected chi connectivity index (χ2v) is 11.9. The summed E-state index contributed by atoms with van der Waals surface area (Å²) >= 11 is 6.13. The molecule has 2 aromatic rings. The Morgan fingerprint density at radius 2 is 1.79 bits per heavy atom. The molecule has 2 fully saturated rings. The molecule has 9 nitrogen and oxygen atoms in total. The number of likely N-dealkylation sites (tertiary alicyclic amines) is 1. The molecule has 0 radical (unpaired) electrons. The van der Waals surface area contributed by atoms with Crippen molar-refractivity contribution in [1.82, 2.24) is 19.0 Å². The Labute approximate surface area is 205 Å². The number of benzene rings is 1. The van der Waals surface area contributed by atoms with Gasteiger partial charge < -0.3 is 9.64 Å². The van der Waals surface area contributed by atoms with Crippen LogP contribution in [0.25, 0.3) is 5.69 Å². The molecule has 0 unspecified atom stereocenters. The number of aromatic nitrogens is 2. The van der Waals surface area contributed by atoms with Crippen molar-refractivity contribution < 1.29 is 13.2 Å². The van der Waals surface area contributed by atoms with Crippen LogP contribution in [-0.2, 0) is 10.0 Å². The van der Waals surface area contributed by atoms with E-state index in [0.717, 1.165) is 19.6 Å². The molecule has 11 heteroatoms. The lowest BCUT2D eigenvalue weighted by molar-refractivity contribution is 0.234. The van der Waals surface area contributed by atoms with Crippen LogP contribution in [0.5, 0.6) is 5.75 Å². The third-order valence-corrected chi connectivity index (χ3v) is 8.87. The molecule has 1 aromatic carbocycles. The zero-order valence-corrected chi connectivity index (χ0v) is 21.3. The molecule has 0 aliphatic carbocycles. The van der Waals surface area contributed by atoms with Gasteiger partial charge in [0.05, 0.1) is 17.1 Å². The molecule has 2 aliphatic rings. The second-order valence-electron chi connectivity index (χ2n) is 8.93. The first kappa shape index (κ1) is 25.0. The Hall–Kier alpha value is -2.14. The van der Waals surface area contributed by atoms with E-state index in [9.17, 15) is 13.2 Å². The Morgan fingerprint density at radius 3 is 2.44 bits per heavy atom. The summed E-state index contributed by atoms with van der Waals surface area (Å²) in [6.45, 7) is 8.23. The largest absolute Gasteiger partial charge is 0.485 e. The van der Waals surface area contributed by atoms with Crippen molar-refractivity contribution in [1.29, 1.82) is 0 Å². The van der Waals surface area contributed by atoms with Crippen LogP contribution in [0.1, 0.15) is 26.7 Å². The number of nitrogens with zero attached hydrogens (tertiary/aromatic N) is 5. The van der Waals surface area contributed by atoms with E-state index in [-0.39, 0.29) is 11.3 Å². The summed E-state index contributed by atoms with van der Waals surface area (Å²) < 4.78 is 34.0. The van der Waals surface area contributed by atoms with Crippen LogP contribution in [0.2, 0.25) is 5.02 Å². The van der Waals surface area contributed by atoms with Crippen molar-refractivity contribution in [3.05, 3.63) is 45.8 Å². The summed E-state index contributed by atoms with van der Waals surface area (Å²) in [6, 6.07) is 6.95. The van der Waals surface area contributed by atoms with Crippen LogP contribution in [0.3, 0.4) is 0 Å². The second kappa shape index (κ2) is 10.6. The van der Waals surface area contributed by atoms with Crippen LogP contribution in [0.15, 0.2) is 35.3 Å². The van der Waals surface area contributed by atoms with Gasteiger partial charge in [-0.25, -0.2) is 8.42 Å². The molecule has 0 amide bonds. The van der Waals surface area contributed by atoms with Crippen LogP contribution >= 0.6 is 11.6 Å². The molecule has 0 saturated carbocycles. The molecule has 186 valence electrons. The van der Waals surface area contributed by atoms with Gasteiger partial charge in [0.1, 0.15) is 12.3 Å². The summed E-state index contributed by atoms with van der Waals surface area (Å²) in [5.41, 5.74) is 0.783. The number of sulfonamides is 1. The van der Waals surface area contributed by atoms with Gasteiger partial charge in [0.2, 0.25) is 15.8 Å². The maximum absolute atomic E-state index is 13.5. The van der Waals surface area contributed by atoms with Gasteiger partial charge in [-0.2, -0.15) is 14.1 Å². The van der Waals surface area contributed by atoms with E-state index >= 15 is 0 Å². The van der Waals surface area contributed by atoms with E-state index < -0.39 is 15.3 Å². The van der Waals surface area contributed by atoms with Gasteiger partial charge in [0, 0.05) is 37.7 Å². The Morgan fingerprint density at radius 1 is 1.09 bits per heavy atom. The van der Waals surface area contributed by atoms with E-state index in [1.165, 1.54) is 21.8 Å². The lowest BCUT2D eigenvalue weighted by Gasteiger charge is -2.36.